The van der Waals surface area contributed by atoms with Crippen molar-refractivity contribution in [1.82, 2.24) is 4.57 Å². The molecule has 0 unspecified atom stereocenters. The second-order valence-electron chi connectivity index (χ2n) is 7.46. The molecule has 0 aliphatic carbocycles. The molecule has 162 valence electrons. The maximum Gasteiger partial charge on any atom is 0.394 e. The van der Waals surface area contributed by atoms with E-state index < -0.39 is 17.9 Å². The van der Waals surface area contributed by atoms with Gasteiger partial charge in [0.2, 0.25) is 0 Å². The number of fused-ring (bicyclic) bond motifs is 1. The molecule has 0 aliphatic heterocycles. The second-order valence-corrected chi connectivity index (χ2v) is 7.46. The Labute approximate surface area is 182 Å². The lowest BCUT2D eigenvalue weighted by molar-refractivity contribution is -0.158. The molecule has 7 heteroatoms. The predicted molar refractivity (Wildman–Crippen MR) is 116 cm³/mol. The van der Waals surface area contributed by atoms with E-state index in [0.717, 1.165) is 5.56 Å². The highest BCUT2D eigenvalue weighted by atomic mass is 19.3. The zero-order valence-corrected chi connectivity index (χ0v) is 17.1. The molecular weight excluding hydrogens is 416 g/mol. The van der Waals surface area contributed by atoms with Crippen molar-refractivity contribution in [2.75, 3.05) is 0 Å². The number of Topliss-reactive ketones (excluding diaryl/α,β-unsaturated/α-hetero) is 1. The van der Waals surface area contributed by atoms with E-state index in [2.05, 4.69) is 4.74 Å². The van der Waals surface area contributed by atoms with Crippen molar-refractivity contribution < 1.29 is 28.2 Å². The monoisotopic (exact) mass is 435 g/mol. The van der Waals surface area contributed by atoms with Crippen molar-refractivity contribution in [2.24, 2.45) is 0 Å². The Kier molecular flexibility index (Phi) is 5.48. The number of carboxylic acid groups (broad SMARTS) is 1. The number of ketones is 1. The summed E-state index contributed by atoms with van der Waals surface area (Å²) in [7, 11) is 0. The fourth-order valence-electron chi connectivity index (χ4n) is 3.61. The number of rotatable bonds is 7. The van der Waals surface area contributed by atoms with Gasteiger partial charge in [-0.05, 0) is 41.0 Å². The topological polar surface area (TPSA) is 68.5 Å². The molecule has 0 saturated heterocycles. The summed E-state index contributed by atoms with van der Waals surface area (Å²) in [6.45, 7) is 1.14. The van der Waals surface area contributed by atoms with Crippen LogP contribution in [0.5, 0.6) is 5.75 Å². The second kappa shape index (κ2) is 8.26. The Bertz CT molecular complexity index is 1290. The van der Waals surface area contributed by atoms with Gasteiger partial charge in [0.25, 0.3) is 5.78 Å². The van der Waals surface area contributed by atoms with Crippen LogP contribution >= 0.6 is 0 Å². The number of carboxylic acids is 1. The number of halogens is 2. The minimum Gasteiger partial charge on any atom is -0.475 e. The van der Waals surface area contributed by atoms with Crippen LogP contribution in [0.3, 0.4) is 0 Å². The maximum absolute atomic E-state index is 13.0. The number of alkyl halides is 2. The lowest BCUT2D eigenvalue weighted by atomic mass is 10.0. The zero-order chi connectivity index (χ0) is 22.9. The fraction of sp³-hybridized carbons (Fsp3) is 0.120. The first kappa shape index (κ1) is 21.2. The van der Waals surface area contributed by atoms with Crippen LogP contribution in [0.1, 0.15) is 22.8 Å². The normalized spacial score (nSPS) is 11.5. The summed E-state index contributed by atoms with van der Waals surface area (Å²) in [5.74, 6) is -2.50. The average molecular weight is 435 g/mol. The quantitative estimate of drug-likeness (QED) is 0.302. The maximum atomic E-state index is 13.0. The summed E-state index contributed by atoms with van der Waals surface area (Å²) in [6.07, 6.45) is -1.73. The van der Waals surface area contributed by atoms with E-state index in [1.54, 1.807) is 24.4 Å². The molecule has 4 aromatic rings. The Morgan fingerprint density at radius 3 is 2.25 bits per heavy atom. The largest absolute Gasteiger partial charge is 0.475 e. The third-order valence-electron chi connectivity index (χ3n) is 5.00. The molecule has 1 N–H and O–H groups in total. The van der Waals surface area contributed by atoms with E-state index in [1.165, 1.54) is 12.1 Å². The molecular formula is C25H19F2NO4. The van der Waals surface area contributed by atoms with Gasteiger partial charge in [-0.25, -0.2) is 4.79 Å². The number of carbonyl (C=O) groups is 2. The molecule has 0 spiro atoms. The molecule has 0 atom stereocenters. The molecule has 0 amide bonds. The lowest BCUT2D eigenvalue weighted by Crippen LogP contribution is -2.18. The summed E-state index contributed by atoms with van der Waals surface area (Å²) in [5, 5.41) is 9.78. The Hall–Kier alpha value is -4.00. The van der Waals surface area contributed by atoms with Gasteiger partial charge in [-0.3, -0.25) is 4.79 Å². The Balaban J connectivity index is 1.76. The van der Waals surface area contributed by atoms with Crippen molar-refractivity contribution in [3.8, 4) is 16.9 Å². The van der Waals surface area contributed by atoms with Crippen molar-refractivity contribution in [2.45, 2.75) is 19.6 Å². The van der Waals surface area contributed by atoms with Gasteiger partial charge < -0.3 is 14.4 Å². The summed E-state index contributed by atoms with van der Waals surface area (Å²) in [5.41, 5.74) is 3.24. The highest BCUT2D eigenvalue weighted by Gasteiger charge is 2.23. The molecule has 5 nitrogen and oxygen atoms in total. The first-order valence-electron chi connectivity index (χ1n) is 9.83. The van der Waals surface area contributed by atoms with Gasteiger partial charge >= 0.3 is 12.1 Å². The highest BCUT2D eigenvalue weighted by molar-refractivity contribution is 6.42. The number of hydrogen-bond acceptors (Lipinski definition) is 3. The first-order valence-corrected chi connectivity index (χ1v) is 9.83. The van der Waals surface area contributed by atoms with E-state index in [4.69, 9.17) is 0 Å². The van der Waals surface area contributed by atoms with Crippen molar-refractivity contribution >= 4 is 22.7 Å². The molecule has 0 aliphatic rings. The molecule has 32 heavy (non-hydrogen) atoms. The van der Waals surface area contributed by atoms with E-state index in [9.17, 15) is 23.5 Å². The number of aromatic nitrogens is 1. The van der Waals surface area contributed by atoms with Crippen LogP contribution in [-0.2, 0) is 11.3 Å². The van der Waals surface area contributed by atoms with E-state index >= 15 is 0 Å². The van der Waals surface area contributed by atoms with Crippen molar-refractivity contribution in [3.05, 3.63) is 90.1 Å². The molecule has 0 radical (unpaired) electrons. The van der Waals surface area contributed by atoms with Crippen LogP contribution < -0.4 is 4.74 Å². The number of nitrogens with zero attached hydrogens (tertiary/aromatic N) is 1. The van der Waals surface area contributed by atoms with Crippen LogP contribution in [0, 0.1) is 0 Å². The average Bonchev–Trinajstić information content (AvgIpc) is 3.11. The van der Waals surface area contributed by atoms with Gasteiger partial charge in [-0.2, -0.15) is 8.78 Å². The number of ether oxygens (including phenoxy) is 1. The van der Waals surface area contributed by atoms with E-state index in [0.29, 0.717) is 35.5 Å². The summed E-state index contributed by atoms with van der Waals surface area (Å²) in [4.78, 5) is 23.7. The molecule has 3 aromatic carbocycles. The Morgan fingerprint density at radius 2 is 1.62 bits per heavy atom. The summed E-state index contributed by atoms with van der Waals surface area (Å²) in [6, 6.07) is 21.1. The van der Waals surface area contributed by atoms with Gasteiger partial charge in [-0.1, -0.05) is 48.5 Å². The number of aliphatic carboxylic acids is 1. The van der Waals surface area contributed by atoms with E-state index in [-0.39, 0.29) is 11.3 Å². The van der Waals surface area contributed by atoms with Gasteiger partial charge in [0.1, 0.15) is 5.75 Å². The van der Waals surface area contributed by atoms with Crippen LogP contribution in [-0.4, -0.2) is 27.5 Å². The van der Waals surface area contributed by atoms with Gasteiger partial charge in [0, 0.05) is 30.6 Å². The molecule has 1 heterocycles. The predicted octanol–water partition coefficient (Wildman–Crippen LogP) is 5.62. The summed E-state index contributed by atoms with van der Waals surface area (Å²) < 4.78 is 32.5. The minimum absolute atomic E-state index is 0.0260. The van der Waals surface area contributed by atoms with Crippen LogP contribution in [0.2, 0.25) is 0 Å². The SMILES string of the molecule is CC(F)(F)Oc1ccc(-c2ccc3c(c2)c(C(=O)C(=O)O)cn3Cc2ccccc2)cc1. The van der Waals surface area contributed by atoms with Crippen molar-refractivity contribution in [1.29, 1.82) is 0 Å². The van der Waals surface area contributed by atoms with E-state index in [1.807, 2.05) is 47.0 Å². The molecule has 1 aromatic heterocycles. The first-order chi connectivity index (χ1) is 15.2. The summed E-state index contributed by atoms with van der Waals surface area (Å²) >= 11 is 0. The van der Waals surface area contributed by atoms with Crippen LogP contribution in [0.25, 0.3) is 22.0 Å². The smallest absolute Gasteiger partial charge is 0.394 e. The molecule has 0 bridgehead atoms. The fourth-order valence-corrected chi connectivity index (χ4v) is 3.61. The third kappa shape index (κ3) is 4.51. The van der Waals surface area contributed by atoms with Crippen LogP contribution in [0.4, 0.5) is 8.78 Å². The molecule has 0 saturated carbocycles. The van der Waals surface area contributed by atoms with Gasteiger partial charge in [0.15, 0.2) is 0 Å². The lowest BCUT2D eigenvalue weighted by Gasteiger charge is -2.13. The zero-order valence-electron chi connectivity index (χ0n) is 17.1. The van der Waals surface area contributed by atoms with Gasteiger partial charge in [0.05, 0.1) is 5.56 Å². The third-order valence-corrected chi connectivity index (χ3v) is 5.00. The van der Waals surface area contributed by atoms with Crippen LogP contribution in [0.15, 0.2) is 79.0 Å². The standard InChI is InChI=1S/C25H19F2NO4/c1-25(26,27)32-19-10-7-17(8-11-19)18-9-12-22-20(13-18)21(23(29)24(30)31)15-28(22)14-16-5-3-2-4-6-16/h2-13,15H,14H2,1H3,(H,30,31). The van der Waals surface area contributed by atoms with Crippen molar-refractivity contribution in [3.63, 3.8) is 0 Å². The number of hydrogen-bond donors (Lipinski definition) is 1. The molecule has 0 fully saturated rings. The minimum atomic E-state index is -3.28. The number of benzene rings is 3. The Morgan fingerprint density at radius 1 is 0.969 bits per heavy atom. The highest BCUT2D eigenvalue weighted by Crippen LogP contribution is 2.31. The number of carbonyl (C=O) groups excluding carboxylic acids is 1. The van der Waals surface area contributed by atoms with Gasteiger partial charge in [-0.15, -0.1) is 0 Å². The molecule has 4 rings (SSSR count).